The number of carboxylic acid groups (broad SMARTS) is 1. The molecule has 0 bridgehead atoms. The summed E-state index contributed by atoms with van der Waals surface area (Å²) in [6, 6.07) is -0.0331. The largest absolute Gasteiger partial charge is 0.481 e. The summed E-state index contributed by atoms with van der Waals surface area (Å²) in [4.78, 5) is 22.0. The summed E-state index contributed by atoms with van der Waals surface area (Å²) in [5.74, 6) is -0.542. The van der Waals surface area contributed by atoms with Gasteiger partial charge in [0.15, 0.2) is 0 Å². The first-order valence-electron chi connectivity index (χ1n) is 5.61. The zero-order valence-electron chi connectivity index (χ0n) is 9.16. The van der Waals surface area contributed by atoms with Crippen LogP contribution in [0.15, 0.2) is 0 Å². The number of nitrogens with one attached hydrogen (secondary N) is 1. The van der Waals surface area contributed by atoms with Gasteiger partial charge in [0.1, 0.15) is 0 Å². The average Bonchev–Trinajstić information content (AvgIpc) is 2.67. The van der Waals surface area contributed by atoms with Crippen molar-refractivity contribution >= 4 is 11.9 Å². The Morgan fingerprint density at radius 3 is 2.53 bits per heavy atom. The molecule has 15 heavy (non-hydrogen) atoms. The van der Waals surface area contributed by atoms with Crippen molar-refractivity contribution in [2.75, 3.05) is 0 Å². The van der Waals surface area contributed by atoms with Crippen LogP contribution in [0.2, 0.25) is 0 Å². The molecule has 0 aliphatic heterocycles. The summed E-state index contributed by atoms with van der Waals surface area (Å²) < 4.78 is 0. The molecule has 4 nitrogen and oxygen atoms in total. The van der Waals surface area contributed by atoms with E-state index in [1.807, 2.05) is 6.92 Å². The van der Waals surface area contributed by atoms with Crippen LogP contribution in [0.4, 0.5) is 0 Å². The second kappa shape index (κ2) is 5.73. The second-order valence-electron chi connectivity index (χ2n) is 4.32. The molecule has 86 valence electrons. The number of hydrogen-bond donors (Lipinski definition) is 2. The van der Waals surface area contributed by atoms with E-state index in [4.69, 9.17) is 5.11 Å². The molecular weight excluding hydrogens is 194 g/mol. The van der Waals surface area contributed by atoms with Crippen LogP contribution in [0.25, 0.3) is 0 Å². The highest BCUT2D eigenvalue weighted by molar-refractivity contribution is 5.79. The summed E-state index contributed by atoms with van der Waals surface area (Å²) in [5.41, 5.74) is 0. The predicted octanol–water partition coefficient (Wildman–Crippen LogP) is 1.55. The molecule has 1 aliphatic carbocycles. The number of carbonyl (C=O) groups excluding carboxylic acids is 1. The molecule has 0 heterocycles. The van der Waals surface area contributed by atoms with Crippen molar-refractivity contribution in [1.82, 2.24) is 5.32 Å². The first-order chi connectivity index (χ1) is 7.09. The SMILES string of the molecule is CC(CCC(=O)O)NC(=O)C1CCCC1. The van der Waals surface area contributed by atoms with Crippen molar-refractivity contribution < 1.29 is 14.7 Å². The molecule has 0 aromatic carbocycles. The third kappa shape index (κ3) is 4.32. The minimum absolute atomic E-state index is 0.0331. The monoisotopic (exact) mass is 213 g/mol. The van der Waals surface area contributed by atoms with Crippen LogP contribution in [0.3, 0.4) is 0 Å². The fourth-order valence-corrected chi connectivity index (χ4v) is 1.96. The van der Waals surface area contributed by atoms with Gasteiger partial charge in [0.25, 0.3) is 0 Å². The normalized spacial score (nSPS) is 18.7. The van der Waals surface area contributed by atoms with E-state index >= 15 is 0 Å². The fourth-order valence-electron chi connectivity index (χ4n) is 1.96. The smallest absolute Gasteiger partial charge is 0.303 e. The van der Waals surface area contributed by atoms with Gasteiger partial charge in [-0.15, -0.1) is 0 Å². The Labute approximate surface area is 90.0 Å². The molecule has 2 N–H and O–H groups in total. The summed E-state index contributed by atoms with van der Waals surface area (Å²) in [6.07, 6.45) is 4.87. The highest BCUT2D eigenvalue weighted by atomic mass is 16.4. The molecule has 1 rings (SSSR count). The number of rotatable bonds is 5. The molecule has 1 saturated carbocycles. The Bertz CT molecular complexity index is 234. The molecule has 1 amide bonds. The quantitative estimate of drug-likeness (QED) is 0.728. The van der Waals surface area contributed by atoms with Crippen LogP contribution < -0.4 is 5.32 Å². The van der Waals surface area contributed by atoms with Gasteiger partial charge in [0.05, 0.1) is 0 Å². The highest BCUT2D eigenvalue weighted by Crippen LogP contribution is 2.24. The van der Waals surface area contributed by atoms with Crippen LogP contribution in [0, 0.1) is 5.92 Å². The first-order valence-corrected chi connectivity index (χ1v) is 5.61. The third-order valence-corrected chi connectivity index (χ3v) is 2.91. The lowest BCUT2D eigenvalue weighted by Crippen LogP contribution is -2.36. The van der Waals surface area contributed by atoms with Crippen molar-refractivity contribution in [3.63, 3.8) is 0 Å². The first kappa shape index (κ1) is 12.0. The van der Waals surface area contributed by atoms with Gasteiger partial charge in [-0.05, 0) is 26.2 Å². The van der Waals surface area contributed by atoms with Crippen LogP contribution in [0.5, 0.6) is 0 Å². The topological polar surface area (TPSA) is 66.4 Å². The zero-order chi connectivity index (χ0) is 11.3. The van der Waals surface area contributed by atoms with Gasteiger partial charge in [0, 0.05) is 18.4 Å². The van der Waals surface area contributed by atoms with E-state index in [-0.39, 0.29) is 24.3 Å². The standard InChI is InChI=1S/C11H19NO3/c1-8(6-7-10(13)14)12-11(15)9-4-2-3-5-9/h8-9H,2-7H2,1H3,(H,12,15)(H,13,14). The fraction of sp³-hybridized carbons (Fsp3) is 0.818. The Morgan fingerprint density at radius 2 is 2.00 bits per heavy atom. The van der Waals surface area contributed by atoms with E-state index in [2.05, 4.69) is 5.32 Å². The maximum absolute atomic E-state index is 11.6. The van der Waals surface area contributed by atoms with Crippen molar-refractivity contribution in [3.8, 4) is 0 Å². The van der Waals surface area contributed by atoms with E-state index in [1.165, 1.54) is 0 Å². The third-order valence-electron chi connectivity index (χ3n) is 2.91. The van der Waals surface area contributed by atoms with E-state index in [0.717, 1.165) is 25.7 Å². The molecule has 4 heteroatoms. The van der Waals surface area contributed by atoms with E-state index in [1.54, 1.807) is 0 Å². The van der Waals surface area contributed by atoms with Gasteiger partial charge in [-0.2, -0.15) is 0 Å². The van der Waals surface area contributed by atoms with E-state index in [0.29, 0.717) is 6.42 Å². The van der Waals surface area contributed by atoms with Crippen molar-refractivity contribution in [2.45, 2.75) is 51.5 Å². The Balaban J connectivity index is 2.21. The minimum Gasteiger partial charge on any atom is -0.481 e. The second-order valence-corrected chi connectivity index (χ2v) is 4.32. The minimum atomic E-state index is -0.808. The van der Waals surface area contributed by atoms with Crippen molar-refractivity contribution in [3.05, 3.63) is 0 Å². The lowest BCUT2D eigenvalue weighted by Gasteiger charge is -2.15. The van der Waals surface area contributed by atoms with E-state index < -0.39 is 5.97 Å². The lowest BCUT2D eigenvalue weighted by atomic mass is 10.1. The van der Waals surface area contributed by atoms with E-state index in [9.17, 15) is 9.59 Å². The van der Waals surface area contributed by atoms with Gasteiger partial charge < -0.3 is 10.4 Å². The average molecular weight is 213 g/mol. The predicted molar refractivity (Wildman–Crippen MR) is 56.4 cm³/mol. The zero-order valence-corrected chi connectivity index (χ0v) is 9.16. The molecular formula is C11H19NO3. The van der Waals surface area contributed by atoms with Crippen LogP contribution in [-0.2, 0) is 9.59 Å². The maximum atomic E-state index is 11.6. The van der Waals surface area contributed by atoms with Gasteiger partial charge in [0.2, 0.25) is 5.91 Å². The number of aliphatic carboxylic acids is 1. The highest BCUT2D eigenvalue weighted by Gasteiger charge is 2.23. The molecule has 0 aromatic heterocycles. The van der Waals surface area contributed by atoms with Crippen LogP contribution >= 0.6 is 0 Å². The van der Waals surface area contributed by atoms with Crippen molar-refractivity contribution in [1.29, 1.82) is 0 Å². The summed E-state index contributed by atoms with van der Waals surface area (Å²) in [7, 11) is 0. The van der Waals surface area contributed by atoms with Gasteiger partial charge >= 0.3 is 5.97 Å². The number of carbonyl (C=O) groups is 2. The molecule has 0 radical (unpaired) electrons. The molecule has 1 unspecified atom stereocenters. The molecule has 1 atom stereocenters. The molecule has 0 spiro atoms. The molecule has 1 aliphatic rings. The summed E-state index contributed by atoms with van der Waals surface area (Å²) in [5, 5.41) is 11.4. The molecule has 1 fully saturated rings. The number of hydrogen-bond acceptors (Lipinski definition) is 2. The molecule has 0 saturated heterocycles. The number of carboxylic acids is 1. The summed E-state index contributed by atoms with van der Waals surface area (Å²) in [6.45, 7) is 1.86. The molecule has 0 aromatic rings. The summed E-state index contributed by atoms with van der Waals surface area (Å²) >= 11 is 0. The maximum Gasteiger partial charge on any atom is 0.303 e. The van der Waals surface area contributed by atoms with Gasteiger partial charge in [-0.1, -0.05) is 12.8 Å². The van der Waals surface area contributed by atoms with Crippen molar-refractivity contribution in [2.24, 2.45) is 5.92 Å². The lowest BCUT2D eigenvalue weighted by molar-refractivity contribution is -0.137. The van der Waals surface area contributed by atoms with Gasteiger partial charge in [-0.3, -0.25) is 9.59 Å². The Hall–Kier alpha value is -1.06. The Morgan fingerprint density at radius 1 is 1.40 bits per heavy atom. The Kier molecular flexibility index (Phi) is 4.59. The van der Waals surface area contributed by atoms with Crippen LogP contribution in [0.1, 0.15) is 45.4 Å². The number of amides is 1. The van der Waals surface area contributed by atoms with Crippen LogP contribution in [-0.4, -0.2) is 23.0 Å². The van der Waals surface area contributed by atoms with Gasteiger partial charge in [-0.25, -0.2) is 0 Å².